The number of fused-ring (bicyclic) bond motifs is 3. The van der Waals surface area contributed by atoms with Gasteiger partial charge in [-0.15, -0.1) is 0 Å². The largest absolute Gasteiger partial charge is 0.339 e. The van der Waals surface area contributed by atoms with Crippen LogP contribution in [0.15, 0.2) is 36.4 Å². The summed E-state index contributed by atoms with van der Waals surface area (Å²) >= 11 is 0. The van der Waals surface area contributed by atoms with Crippen molar-refractivity contribution in [1.29, 1.82) is 0 Å². The SMILES string of the molecule is Cc1ccc2c3c(C(C)(C)C)cccc3n(N)c2c1. The number of nitrogens with zero attached hydrogens (tertiary/aromatic N) is 1. The second-order valence-corrected chi connectivity index (χ2v) is 6.34. The fourth-order valence-electron chi connectivity index (χ4n) is 2.83. The van der Waals surface area contributed by atoms with E-state index in [2.05, 4.69) is 64.1 Å². The van der Waals surface area contributed by atoms with E-state index in [1.807, 2.05) is 4.68 Å². The summed E-state index contributed by atoms with van der Waals surface area (Å²) in [6.45, 7) is 8.84. The highest BCUT2D eigenvalue weighted by Gasteiger charge is 2.20. The highest BCUT2D eigenvalue weighted by atomic mass is 15.3. The van der Waals surface area contributed by atoms with Crippen LogP contribution in [0, 0.1) is 6.92 Å². The molecule has 3 rings (SSSR count). The number of rotatable bonds is 0. The molecule has 0 unspecified atom stereocenters. The summed E-state index contributed by atoms with van der Waals surface area (Å²) in [6.07, 6.45) is 0. The number of hydrogen-bond donors (Lipinski definition) is 1. The van der Waals surface area contributed by atoms with Crippen molar-refractivity contribution >= 4 is 21.8 Å². The van der Waals surface area contributed by atoms with Crippen LogP contribution in [0.25, 0.3) is 21.8 Å². The number of nitrogens with two attached hydrogens (primary N) is 1. The third kappa shape index (κ3) is 1.71. The smallest absolute Gasteiger partial charge is 0.0706 e. The lowest BCUT2D eigenvalue weighted by molar-refractivity contribution is 0.596. The Hall–Kier alpha value is -1.96. The molecule has 0 saturated heterocycles. The molecular weight excluding hydrogens is 232 g/mol. The summed E-state index contributed by atoms with van der Waals surface area (Å²) in [7, 11) is 0. The Kier molecular flexibility index (Phi) is 2.40. The van der Waals surface area contributed by atoms with E-state index in [4.69, 9.17) is 5.84 Å². The Balaban J connectivity index is 2.56. The molecule has 0 radical (unpaired) electrons. The molecule has 0 aliphatic rings. The summed E-state index contributed by atoms with van der Waals surface area (Å²) < 4.78 is 1.81. The Morgan fingerprint density at radius 1 is 1.00 bits per heavy atom. The maximum atomic E-state index is 6.27. The summed E-state index contributed by atoms with van der Waals surface area (Å²) in [5.41, 5.74) is 4.90. The van der Waals surface area contributed by atoms with Gasteiger partial charge in [0.25, 0.3) is 0 Å². The van der Waals surface area contributed by atoms with Gasteiger partial charge in [-0.3, -0.25) is 4.68 Å². The van der Waals surface area contributed by atoms with Gasteiger partial charge in [-0.05, 0) is 35.6 Å². The summed E-state index contributed by atoms with van der Waals surface area (Å²) in [6, 6.07) is 12.9. The topological polar surface area (TPSA) is 30.9 Å². The van der Waals surface area contributed by atoms with E-state index in [-0.39, 0.29) is 5.41 Å². The second kappa shape index (κ2) is 3.77. The van der Waals surface area contributed by atoms with Gasteiger partial charge in [-0.25, -0.2) is 0 Å². The second-order valence-electron chi connectivity index (χ2n) is 6.34. The summed E-state index contributed by atoms with van der Waals surface area (Å²) in [5.74, 6) is 6.27. The van der Waals surface area contributed by atoms with E-state index in [0.717, 1.165) is 11.0 Å². The van der Waals surface area contributed by atoms with Gasteiger partial charge in [0, 0.05) is 10.8 Å². The first-order valence-corrected chi connectivity index (χ1v) is 6.69. The first kappa shape index (κ1) is 12.1. The molecule has 0 spiro atoms. The third-order valence-electron chi connectivity index (χ3n) is 3.79. The monoisotopic (exact) mass is 252 g/mol. The molecule has 0 bridgehead atoms. The van der Waals surface area contributed by atoms with Crippen LogP contribution in [-0.2, 0) is 5.41 Å². The number of aromatic nitrogens is 1. The molecule has 2 N–H and O–H groups in total. The standard InChI is InChI=1S/C17H20N2/c1-11-8-9-12-15(10-11)19(18)14-7-5-6-13(16(12)14)17(2,3)4/h5-10H,18H2,1-4H3. The van der Waals surface area contributed by atoms with Crippen LogP contribution >= 0.6 is 0 Å². The van der Waals surface area contributed by atoms with Crippen LogP contribution in [0.4, 0.5) is 0 Å². The van der Waals surface area contributed by atoms with Gasteiger partial charge < -0.3 is 5.84 Å². The maximum Gasteiger partial charge on any atom is 0.0706 e. The molecule has 3 aromatic rings. The van der Waals surface area contributed by atoms with Gasteiger partial charge in [0.1, 0.15) is 0 Å². The van der Waals surface area contributed by atoms with Gasteiger partial charge in [-0.1, -0.05) is 45.0 Å². The molecule has 0 aliphatic carbocycles. The van der Waals surface area contributed by atoms with E-state index in [1.165, 1.54) is 21.9 Å². The Bertz CT molecular complexity index is 773. The zero-order chi connectivity index (χ0) is 13.8. The predicted octanol–water partition coefficient (Wildman–Crippen LogP) is 4.11. The first-order valence-electron chi connectivity index (χ1n) is 6.69. The molecule has 0 saturated carbocycles. The Morgan fingerprint density at radius 2 is 1.74 bits per heavy atom. The van der Waals surface area contributed by atoms with E-state index in [9.17, 15) is 0 Å². The van der Waals surface area contributed by atoms with Crippen LogP contribution in [0.3, 0.4) is 0 Å². The molecule has 2 heteroatoms. The lowest BCUT2D eigenvalue weighted by Crippen LogP contribution is -2.12. The van der Waals surface area contributed by atoms with Gasteiger partial charge in [0.15, 0.2) is 0 Å². The average Bonchev–Trinajstić information content (AvgIpc) is 2.62. The fraction of sp³-hybridized carbons (Fsp3) is 0.294. The van der Waals surface area contributed by atoms with Crippen molar-refractivity contribution < 1.29 is 0 Å². The van der Waals surface area contributed by atoms with Crippen LogP contribution in [0.1, 0.15) is 31.9 Å². The fourth-order valence-corrected chi connectivity index (χ4v) is 2.83. The lowest BCUT2D eigenvalue weighted by Gasteiger charge is -2.20. The van der Waals surface area contributed by atoms with Crippen molar-refractivity contribution in [2.45, 2.75) is 33.1 Å². The third-order valence-corrected chi connectivity index (χ3v) is 3.79. The molecule has 0 atom stereocenters. The lowest BCUT2D eigenvalue weighted by atomic mass is 9.84. The number of benzene rings is 2. The molecule has 0 aliphatic heterocycles. The minimum Gasteiger partial charge on any atom is -0.339 e. The molecule has 0 fully saturated rings. The number of nitrogen functional groups attached to an aromatic ring is 1. The molecular formula is C17H20N2. The minimum absolute atomic E-state index is 0.110. The van der Waals surface area contributed by atoms with Crippen molar-refractivity contribution in [1.82, 2.24) is 4.68 Å². The first-order chi connectivity index (χ1) is 8.89. The molecule has 2 nitrogen and oxygen atoms in total. The van der Waals surface area contributed by atoms with Gasteiger partial charge in [-0.2, -0.15) is 0 Å². The van der Waals surface area contributed by atoms with E-state index in [1.54, 1.807) is 0 Å². The molecule has 1 aromatic heterocycles. The normalized spacial score (nSPS) is 12.4. The Morgan fingerprint density at radius 3 is 2.42 bits per heavy atom. The highest BCUT2D eigenvalue weighted by Crippen LogP contribution is 2.36. The van der Waals surface area contributed by atoms with E-state index < -0.39 is 0 Å². The molecule has 2 aromatic carbocycles. The predicted molar refractivity (Wildman–Crippen MR) is 83.0 cm³/mol. The zero-order valence-electron chi connectivity index (χ0n) is 12.0. The average molecular weight is 252 g/mol. The Labute approximate surface area is 113 Å². The van der Waals surface area contributed by atoms with Gasteiger partial charge in [0.05, 0.1) is 11.0 Å². The quantitative estimate of drug-likeness (QED) is 0.600. The number of aryl methyl sites for hydroxylation is 1. The van der Waals surface area contributed by atoms with Gasteiger partial charge >= 0.3 is 0 Å². The van der Waals surface area contributed by atoms with Crippen LogP contribution in [0.5, 0.6) is 0 Å². The molecule has 0 amide bonds. The highest BCUT2D eigenvalue weighted by molar-refractivity contribution is 6.10. The van der Waals surface area contributed by atoms with Crippen molar-refractivity contribution in [3.63, 3.8) is 0 Å². The number of hydrogen-bond acceptors (Lipinski definition) is 1. The van der Waals surface area contributed by atoms with E-state index in [0.29, 0.717) is 0 Å². The van der Waals surface area contributed by atoms with Crippen molar-refractivity contribution in [2.75, 3.05) is 5.84 Å². The molecule has 1 heterocycles. The van der Waals surface area contributed by atoms with E-state index >= 15 is 0 Å². The van der Waals surface area contributed by atoms with Crippen molar-refractivity contribution in [2.24, 2.45) is 0 Å². The van der Waals surface area contributed by atoms with Crippen LogP contribution in [-0.4, -0.2) is 4.68 Å². The maximum absolute atomic E-state index is 6.27. The molecule has 19 heavy (non-hydrogen) atoms. The van der Waals surface area contributed by atoms with Crippen molar-refractivity contribution in [3.05, 3.63) is 47.5 Å². The summed E-state index contributed by atoms with van der Waals surface area (Å²) in [5, 5.41) is 2.53. The minimum atomic E-state index is 0.110. The summed E-state index contributed by atoms with van der Waals surface area (Å²) in [4.78, 5) is 0. The van der Waals surface area contributed by atoms with Crippen molar-refractivity contribution in [3.8, 4) is 0 Å². The van der Waals surface area contributed by atoms with Crippen LogP contribution < -0.4 is 5.84 Å². The van der Waals surface area contributed by atoms with Crippen LogP contribution in [0.2, 0.25) is 0 Å². The molecule has 98 valence electrons. The zero-order valence-corrected chi connectivity index (χ0v) is 12.0. The van der Waals surface area contributed by atoms with Gasteiger partial charge in [0.2, 0.25) is 0 Å².